The van der Waals surface area contributed by atoms with Gasteiger partial charge >= 0.3 is 12.1 Å². The number of hydrogen-bond donors (Lipinski definition) is 2. The molecule has 1 aromatic rings. The molecule has 110 valence electrons. The fourth-order valence-electron chi connectivity index (χ4n) is 1.23. The number of ether oxygens (including phenoxy) is 1. The van der Waals surface area contributed by atoms with Crippen molar-refractivity contribution < 1.29 is 32.6 Å². The summed E-state index contributed by atoms with van der Waals surface area (Å²) in [6.45, 7) is -2.24. The number of carbonyl (C=O) groups excluding carboxylic acids is 1. The van der Waals surface area contributed by atoms with Gasteiger partial charge in [-0.3, -0.25) is 4.79 Å². The Hall–Kier alpha value is -1.96. The van der Waals surface area contributed by atoms with E-state index in [0.29, 0.717) is 0 Å². The van der Waals surface area contributed by atoms with E-state index in [1.807, 2.05) is 0 Å². The molecule has 0 aromatic heterocycles. The predicted molar refractivity (Wildman–Crippen MR) is 63.0 cm³/mol. The summed E-state index contributed by atoms with van der Waals surface area (Å²) < 4.78 is 40.4. The highest BCUT2D eigenvalue weighted by molar-refractivity contribution is 6.33. The number of amides is 1. The molecule has 1 aromatic carbocycles. The second-order valence-corrected chi connectivity index (χ2v) is 4.01. The maximum atomic E-state index is 11.9. The molecule has 0 aliphatic heterocycles. The van der Waals surface area contributed by atoms with Crippen LogP contribution in [0.1, 0.15) is 10.4 Å². The van der Waals surface area contributed by atoms with Crippen molar-refractivity contribution in [3.8, 4) is 5.75 Å². The minimum Gasteiger partial charge on any atom is -0.483 e. The highest BCUT2D eigenvalue weighted by atomic mass is 35.5. The summed E-state index contributed by atoms with van der Waals surface area (Å²) in [5.41, 5.74) is -0.363. The Labute approximate surface area is 116 Å². The van der Waals surface area contributed by atoms with Gasteiger partial charge in [0, 0.05) is 0 Å². The van der Waals surface area contributed by atoms with Crippen LogP contribution in [0.2, 0.25) is 5.02 Å². The molecule has 1 rings (SSSR count). The Morgan fingerprint density at radius 1 is 1.35 bits per heavy atom. The number of carboxylic acids is 1. The van der Waals surface area contributed by atoms with Gasteiger partial charge in [-0.2, -0.15) is 13.2 Å². The Bertz CT molecular complexity index is 519. The second-order valence-electron chi connectivity index (χ2n) is 3.60. The number of hydrogen-bond acceptors (Lipinski definition) is 3. The molecule has 20 heavy (non-hydrogen) atoms. The predicted octanol–water partition coefficient (Wildman–Crippen LogP) is 2.10. The molecular formula is C11H9ClF3NO4. The molecule has 9 heteroatoms. The Kier molecular flexibility index (Phi) is 5.20. The SMILES string of the molecule is O=C(COc1cccc(Cl)c1C(=O)O)NCC(F)(F)F. The molecule has 0 fully saturated rings. The molecule has 5 nitrogen and oxygen atoms in total. The van der Waals surface area contributed by atoms with Gasteiger partial charge < -0.3 is 15.2 Å². The molecule has 0 atom stereocenters. The van der Waals surface area contributed by atoms with Gasteiger partial charge in [0.25, 0.3) is 5.91 Å². The van der Waals surface area contributed by atoms with Gasteiger partial charge in [0.15, 0.2) is 6.61 Å². The number of carbonyl (C=O) groups is 2. The molecule has 0 aliphatic carbocycles. The summed E-state index contributed by atoms with van der Waals surface area (Å²) in [5.74, 6) is -2.60. The first-order valence-electron chi connectivity index (χ1n) is 5.19. The molecule has 1 amide bonds. The number of benzene rings is 1. The zero-order valence-electron chi connectivity index (χ0n) is 9.83. The summed E-state index contributed by atoms with van der Waals surface area (Å²) in [6.07, 6.45) is -4.53. The number of nitrogens with one attached hydrogen (secondary N) is 1. The zero-order chi connectivity index (χ0) is 15.3. The van der Waals surface area contributed by atoms with Crippen LogP contribution >= 0.6 is 11.6 Å². The lowest BCUT2D eigenvalue weighted by Gasteiger charge is -2.11. The number of halogens is 4. The summed E-state index contributed by atoms with van der Waals surface area (Å²) in [7, 11) is 0. The lowest BCUT2D eigenvalue weighted by atomic mass is 10.2. The average molecular weight is 312 g/mol. The van der Waals surface area contributed by atoms with Crippen LogP contribution in [0.3, 0.4) is 0 Å². The van der Waals surface area contributed by atoms with E-state index in [4.69, 9.17) is 21.4 Å². The molecule has 0 spiro atoms. The van der Waals surface area contributed by atoms with Gasteiger partial charge in [-0.05, 0) is 12.1 Å². The third-order valence-corrected chi connectivity index (χ3v) is 2.35. The van der Waals surface area contributed by atoms with E-state index < -0.39 is 31.2 Å². The Morgan fingerprint density at radius 2 is 2.00 bits per heavy atom. The van der Waals surface area contributed by atoms with Crippen LogP contribution in [0.15, 0.2) is 18.2 Å². The molecule has 2 N–H and O–H groups in total. The van der Waals surface area contributed by atoms with Crippen LogP contribution in [0.4, 0.5) is 13.2 Å². The first-order chi connectivity index (χ1) is 9.20. The van der Waals surface area contributed by atoms with Gasteiger partial charge in [0.2, 0.25) is 0 Å². The molecular weight excluding hydrogens is 303 g/mol. The van der Waals surface area contributed by atoms with E-state index in [2.05, 4.69) is 0 Å². The molecule has 0 aliphatic rings. The van der Waals surface area contributed by atoms with Crippen LogP contribution in [-0.4, -0.2) is 36.3 Å². The maximum Gasteiger partial charge on any atom is 0.405 e. The number of aromatic carboxylic acids is 1. The highest BCUT2D eigenvalue weighted by Gasteiger charge is 2.27. The van der Waals surface area contributed by atoms with Crippen molar-refractivity contribution in [1.29, 1.82) is 0 Å². The van der Waals surface area contributed by atoms with E-state index in [1.54, 1.807) is 5.32 Å². The third-order valence-electron chi connectivity index (χ3n) is 2.03. The normalized spacial score (nSPS) is 11.0. The van der Waals surface area contributed by atoms with Crippen molar-refractivity contribution in [2.24, 2.45) is 0 Å². The van der Waals surface area contributed by atoms with Gasteiger partial charge in [0.1, 0.15) is 17.9 Å². The summed E-state index contributed by atoms with van der Waals surface area (Å²) >= 11 is 5.65. The van der Waals surface area contributed by atoms with Crippen LogP contribution in [-0.2, 0) is 4.79 Å². The Balaban J connectivity index is 2.64. The van der Waals surface area contributed by atoms with Crippen LogP contribution in [0.25, 0.3) is 0 Å². The molecule has 0 heterocycles. The largest absolute Gasteiger partial charge is 0.483 e. The maximum absolute atomic E-state index is 11.9. The van der Waals surface area contributed by atoms with E-state index in [-0.39, 0.29) is 16.3 Å². The Morgan fingerprint density at radius 3 is 2.55 bits per heavy atom. The topological polar surface area (TPSA) is 75.6 Å². The first kappa shape index (κ1) is 16.1. The summed E-state index contributed by atoms with van der Waals surface area (Å²) in [6, 6.07) is 3.94. The van der Waals surface area contributed by atoms with E-state index in [1.165, 1.54) is 18.2 Å². The van der Waals surface area contributed by atoms with E-state index >= 15 is 0 Å². The first-order valence-corrected chi connectivity index (χ1v) is 5.56. The van der Waals surface area contributed by atoms with Crippen LogP contribution in [0, 0.1) is 0 Å². The van der Waals surface area contributed by atoms with Gasteiger partial charge in [0.05, 0.1) is 5.02 Å². The lowest BCUT2D eigenvalue weighted by Crippen LogP contribution is -2.36. The minimum absolute atomic E-state index is 0.106. The van der Waals surface area contributed by atoms with Crippen molar-refractivity contribution in [2.75, 3.05) is 13.2 Å². The second kappa shape index (κ2) is 6.47. The van der Waals surface area contributed by atoms with E-state index in [9.17, 15) is 22.8 Å². The molecule has 0 saturated heterocycles. The van der Waals surface area contributed by atoms with Gasteiger partial charge in [-0.25, -0.2) is 4.79 Å². The summed E-state index contributed by atoms with van der Waals surface area (Å²) in [4.78, 5) is 22.0. The lowest BCUT2D eigenvalue weighted by molar-refractivity contribution is -0.139. The minimum atomic E-state index is -4.53. The molecule has 0 saturated carbocycles. The fraction of sp³-hybridized carbons (Fsp3) is 0.273. The van der Waals surface area contributed by atoms with Gasteiger partial charge in [-0.15, -0.1) is 0 Å². The van der Waals surface area contributed by atoms with Crippen LogP contribution in [0.5, 0.6) is 5.75 Å². The quantitative estimate of drug-likeness (QED) is 0.873. The molecule has 0 bridgehead atoms. The fourth-order valence-corrected chi connectivity index (χ4v) is 1.47. The summed E-state index contributed by atoms with van der Waals surface area (Å²) in [5, 5.41) is 10.4. The average Bonchev–Trinajstić information content (AvgIpc) is 2.32. The number of rotatable bonds is 5. The highest BCUT2D eigenvalue weighted by Crippen LogP contribution is 2.26. The van der Waals surface area contributed by atoms with Crippen molar-refractivity contribution >= 4 is 23.5 Å². The number of carboxylic acid groups (broad SMARTS) is 1. The zero-order valence-corrected chi connectivity index (χ0v) is 10.6. The molecule has 0 unspecified atom stereocenters. The smallest absolute Gasteiger partial charge is 0.405 e. The van der Waals surface area contributed by atoms with Gasteiger partial charge in [-0.1, -0.05) is 17.7 Å². The standard InChI is InChI=1S/C11H9ClF3NO4/c12-6-2-1-3-7(9(6)10(18)19)20-4-8(17)16-5-11(13,14)15/h1-3H,4-5H2,(H,16,17)(H,18,19). The van der Waals surface area contributed by atoms with Crippen molar-refractivity contribution in [1.82, 2.24) is 5.32 Å². The third kappa shape index (κ3) is 4.96. The monoisotopic (exact) mass is 311 g/mol. The molecule has 0 radical (unpaired) electrons. The van der Waals surface area contributed by atoms with Crippen molar-refractivity contribution in [3.63, 3.8) is 0 Å². The van der Waals surface area contributed by atoms with Crippen molar-refractivity contribution in [2.45, 2.75) is 6.18 Å². The van der Waals surface area contributed by atoms with Crippen LogP contribution < -0.4 is 10.1 Å². The van der Waals surface area contributed by atoms with E-state index in [0.717, 1.165) is 0 Å². The van der Waals surface area contributed by atoms with Crippen molar-refractivity contribution in [3.05, 3.63) is 28.8 Å². The number of alkyl halides is 3.